The van der Waals surface area contributed by atoms with Gasteiger partial charge < -0.3 is 9.15 Å². The summed E-state index contributed by atoms with van der Waals surface area (Å²) in [5.74, 6) is -0.489. The number of hydrogen-bond donors (Lipinski definition) is 0. The van der Waals surface area contributed by atoms with Crippen molar-refractivity contribution in [2.45, 2.75) is 12.3 Å². The molecule has 1 atom stereocenters. The third kappa shape index (κ3) is 2.34. The van der Waals surface area contributed by atoms with Crippen LogP contribution in [0.25, 0.3) is 0 Å². The quantitative estimate of drug-likeness (QED) is 0.781. The normalized spacial score (nSPS) is 12.5. The second kappa shape index (κ2) is 4.98. The predicted octanol–water partition coefficient (Wildman–Crippen LogP) is 4.20. The molecule has 0 saturated heterocycles. The number of rotatable bonds is 3. The molecule has 2 rings (SSSR count). The highest BCUT2D eigenvalue weighted by atomic mass is 35.5. The number of ether oxygens (including phenoxy) is 1. The highest BCUT2D eigenvalue weighted by Gasteiger charge is 2.23. The van der Waals surface area contributed by atoms with Crippen LogP contribution in [0.1, 0.15) is 22.5 Å². The van der Waals surface area contributed by atoms with Gasteiger partial charge in [-0.3, -0.25) is 0 Å². The molecule has 0 aliphatic carbocycles. The average molecular weight is 273 g/mol. The lowest BCUT2D eigenvalue weighted by molar-refractivity contribution is 0.404. The van der Waals surface area contributed by atoms with Gasteiger partial charge in [-0.05, 0) is 19.1 Å². The number of halogens is 3. The van der Waals surface area contributed by atoms with Crippen molar-refractivity contribution in [2.75, 3.05) is 7.11 Å². The van der Waals surface area contributed by atoms with E-state index in [2.05, 4.69) is 0 Å². The fourth-order valence-corrected chi connectivity index (χ4v) is 1.98. The van der Waals surface area contributed by atoms with E-state index in [1.54, 1.807) is 19.1 Å². The molecule has 96 valence electrons. The first-order valence-corrected chi connectivity index (χ1v) is 5.70. The first-order valence-electron chi connectivity index (χ1n) is 5.26. The van der Waals surface area contributed by atoms with Crippen molar-refractivity contribution in [3.63, 3.8) is 0 Å². The highest BCUT2D eigenvalue weighted by Crippen LogP contribution is 2.35. The maximum absolute atomic E-state index is 13.8. The summed E-state index contributed by atoms with van der Waals surface area (Å²) in [7, 11) is 1.34. The van der Waals surface area contributed by atoms with Crippen LogP contribution >= 0.6 is 11.6 Å². The Bertz CT molecular complexity index is 543. The minimum absolute atomic E-state index is 0.105. The molecule has 2 aromatic rings. The van der Waals surface area contributed by atoms with Gasteiger partial charge in [-0.25, -0.2) is 8.78 Å². The Hall–Kier alpha value is -1.55. The Labute approximate surface area is 108 Å². The molecule has 18 heavy (non-hydrogen) atoms. The molecular weight excluding hydrogens is 262 g/mol. The van der Waals surface area contributed by atoms with Crippen LogP contribution in [0, 0.1) is 18.6 Å². The van der Waals surface area contributed by atoms with Crippen LogP contribution in [0.3, 0.4) is 0 Å². The van der Waals surface area contributed by atoms with E-state index < -0.39 is 17.0 Å². The Kier molecular flexibility index (Phi) is 3.57. The molecule has 0 saturated carbocycles. The minimum Gasteiger partial charge on any atom is -0.497 e. The lowest BCUT2D eigenvalue weighted by atomic mass is 10.1. The van der Waals surface area contributed by atoms with Gasteiger partial charge in [0.25, 0.3) is 0 Å². The number of alkyl halides is 1. The summed E-state index contributed by atoms with van der Waals surface area (Å²) in [6, 6.07) is 5.45. The van der Waals surface area contributed by atoms with E-state index in [4.69, 9.17) is 20.8 Å². The SMILES string of the molecule is COc1cc(F)c(C(Cl)c2ccc(C)o2)c(F)c1. The number of methoxy groups -OCH3 is 1. The van der Waals surface area contributed by atoms with E-state index >= 15 is 0 Å². The topological polar surface area (TPSA) is 22.4 Å². The second-order valence-electron chi connectivity index (χ2n) is 3.82. The molecule has 1 aromatic carbocycles. The minimum atomic E-state index is -1.01. The third-order valence-electron chi connectivity index (χ3n) is 2.55. The molecular formula is C13H11ClF2O2. The molecule has 1 unspecified atom stereocenters. The smallest absolute Gasteiger partial charge is 0.134 e. The van der Waals surface area contributed by atoms with Crippen LogP contribution in [0.2, 0.25) is 0 Å². The maximum atomic E-state index is 13.8. The van der Waals surface area contributed by atoms with Crippen molar-refractivity contribution in [3.8, 4) is 5.75 Å². The summed E-state index contributed by atoms with van der Waals surface area (Å²) in [5.41, 5.74) is -0.244. The van der Waals surface area contributed by atoms with E-state index in [1.807, 2.05) is 0 Å². The van der Waals surface area contributed by atoms with Gasteiger partial charge in [0.1, 0.15) is 34.3 Å². The van der Waals surface area contributed by atoms with Crippen LogP contribution in [-0.2, 0) is 0 Å². The van der Waals surface area contributed by atoms with Gasteiger partial charge in [0.05, 0.1) is 7.11 Å². The molecule has 0 aliphatic heterocycles. The Morgan fingerprint density at radius 3 is 2.28 bits per heavy atom. The first kappa shape index (κ1) is 12.9. The van der Waals surface area contributed by atoms with Crippen LogP contribution in [0.5, 0.6) is 5.75 Å². The Morgan fingerprint density at radius 1 is 1.22 bits per heavy atom. The summed E-state index contributed by atoms with van der Waals surface area (Å²) in [4.78, 5) is 0. The summed E-state index contributed by atoms with van der Waals surface area (Å²) < 4.78 is 37.6. The summed E-state index contributed by atoms with van der Waals surface area (Å²) >= 11 is 6.04. The van der Waals surface area contributed by atoms with Crippen LogP contribution in [0.15, 0.2) is 28.7 Å². The molecule has 5 heteroatoms. The maximum Gasteiger partial charge on any atom is 0.134 e. The number of furan rings is 1. The van der Waals surface area contributed by atoms with E-state index in [1.165, 1.54) is 7.11 Å². The van der Waals surface area contributed by atoms with Crippen molar-refractivity contribution in [2.24, 2.45) is 0 Å². The van der Waals surface area contributed by atoms with E-state index in [-0.39, 0.29) is 11.3 Å². The van der Waals surface area contributed by atoms with E-state index in [0.717, 1.165) is 12.1 Å². The summed E-state index contributed by atoms with van der Waals surface area (Å²) in [5, 5.41) is -1.01. The van der Waals surface area contributed by atoms with Crippen LogP contribution in [0.4, 0.5) is 8.78 Å². The average Bonchev–Trinajstić information content (AvgIpc) is 2.74. The van der Waals surface area contributed by atoms with E-state index in [9.17, 15) is 8.78 Å². The molecule has 0 bridgehead atoms. The Morgan fingerprint density at radius 2 is 1.83 bits per heavy atom. The molecule has 0 radical (unpaired) electrons. The molecule has 1 heterocycles. The zero-order valence-electron chi connectivity index (χ0n) is 9.84. The van der Waals surface area contributed by atoms with Gasteiger partial charge >= 0.3 is 0 Å². The fourth-order valence-electron chi connectivity index (χ4n) is 1.65. The molecule has 0 fully saturated rings. The number of benzene rings is 1. The standard InChI is InChI=1S/C13H11ClF2O2/c1-7-3-4-11(18-7)13(14)12-9(15)5-8(17-2)6-10(12)16/h3-6,13H,1-2H3. The van der Waals surface area contributed by atoms with Gasteiger partial charge in [0.2, 0.25) is 0 Å². The second-order valence-corrected chi connectivity index (χ2v) is 4.25. The zero-order chi connectivity index (χ0) is 13.3. The van der Waals surface area contributed by atoms with E-state index in [0.29, 0.717) is 11.5 Å². The molecule has 0 amide bonds. The monoisotopic (exact) mass is 272 g/mol. The van der Waals surface area contributed by atoms with Crippen molar-refractivity contribution in [3.05, 3.63) is 53.0 Å². The molecule has 0 N–H and O–H groups in total. The van der Waals surface area contributed by atoms with Crippen LogP contribution in [-0.4, -0.2) is 7.11 Å². The highest BCUT2D eigenvalue weighted by molar-refractivity contribution is 6.22. The molecule has 2 nitrogen and oxygen atoms in total. The van der Waals surface area contributed by atoms with Gasteiger partial charge in [-0.15, -0.1) is 11.6 Å². The molecule has 0 aliphatic rings. The molecule has 0 spiro atoms. The number of aryl methyl sites for hydroxylation is 1. The van der Waals surface area contributed by atoms with Crippen molar-refractivity contribution in [1.82, 2.24) is 0 Å². The Balaban J connectivity index is 2.44. The van der Waals surface area contributed by atoms with Gasteiger partial charge in [0, 0.05) is 17.7 Å². The van der Waals surface area contributed by atoms with Crippen molar-refractivity contribution >= 4 is 11.6 Å². The molecule has 1 aromatic heterocycles. The lowest BCUT2D eigenvalue weighted by Crippen LogP contribution is -2.01. The number of hydrogen-bond acceptors (Lipinski definition) is 2. The first-order chi connectivity index (χ1) is 8.52. The van der Waals surface area contributed by atoms with Crippen LogP contribution < -0.4 is 4.74 Å². The van der Waals surface area contributed by atoms with Gasteiger partial charge in [0.15, 0.2) is 0 Å². The summed E-state index contributed by atoms with van der Waals surface area (Å²) in [6.45, 7) is 1.73. The fraction of sp³-hybridized carbons (Fsp3) is 0.231. The van der Waals surface area contributed by atoms with Gasteiger partial charge in [-0.2, -0.15) is 0 Å². The lowest BCUT2D eigenvalue weighted by Gasteiger charge is -2.11. The third-order valence-corrected chi connectivity index (χ3v) is 2.99. The van der Waals surface area contributed by atoms with Crippen molar-refractivity contribution < 1.29 is 17.9 Å². The predicted molar refractivity (Wildman–Crippen MR) is 64.1 cm³/mol. The zero-order valence-corrected chi connectivity index (χ0v) is 10.6. The van der Waals surface area contributed by atoms with Crippen molar-refractivity contribution in [1.29, 1.82) is 0 Å². The van der Waals surface area contributed by atoms with Gasteiger partial charge in [-0.1, -0.05) is 0 Å². The summed E-state index contributed by atoms with van der Waals surface area (Å²) in [6.07, 6.45) is 0. The largest absolute Gasteiger partial charge is 0.497 e.